The molecule has 0 saturated heterocycles. The van der Waals surface area contributed by atoms with E-state index in [2.05, 4.69) is 72.5 Å². The van der Waals surface area contributed by atoms with Gasteiger partial charge in [0, 0.05) is 19.2 Å². The average Bonchev–Trinajstić information content (AvgIpc) is 2.92. The highest BCUT2D eigenvalue weighted by Crippen LogP contribution is 2.21. The van der Waals surface area contributed by atoms with Crippen molar-refractivity contribution in [3.8, 4) is 0 Å². The third kappa shape index (κ3) is 11.8. The number of rotatable bonds is 14. The predicted octanol–water partition coefficient (Wildman–Crippen LogP) is 1.28. The molecular weight excluding hydrogens is 815 g/mol. The summed E-state index contributed by atoms with van der Waals surface area (Å²) >= 11 is 4.51. The van der Waals surface area contributed by atoms with Crippen molar-refractivity contribution in [1.29, 1.82) is 0 Å². The molecule has 0 bridgehead atoms. The number of carbonyl (C=O) groups is 4. The second-order valence-corrected chi connectivity index (χ2v) is 14.5. The molecule has 8 N–H and O–H groups in total. The van der Waals surface area contributed by atoms with E-state index in [0.717, 1.165) is 12.7 Å². The molecule has 45 heavy (non-hydrogen) atoms. The van der Waals surface area contributed by atoms with Crippen LogP contribution in [0, 0.1) is 24.8 Å². The Morgan fingerprint density at radius 1 is 0.978 bits per heavy atom. The number of aromatic nitrogens is 2. The third-order valence-electron chi connectivity index (χ3n) is 6.63. The zero-order valence-electron chi connectivity index (χ0n) is 25.9. The number of aromatic amines is 2. The molecule has 248 valence electrons. The molecule has 2 rings (SSSR count). The Morgan fingerprint density at radius 2 is 1.62 bits per heavy atom. The summed E-state index contributed by atoms with van der Waals surface area (Å²) in [6.45, 7) is 10.6. The summed E-state index contributed by atoms with van der Waals surface area (Å²) in [6.07, 6.45) is 0.916. The molecule has 0 fully saturated rings. The molecule has 0 aliphatic carbocycles. The molecule has 0 spiro atoms. The zero-order chi connectivity index (χ0) is 34.2. The van der Waals surface area contributed by atoms with Crippen molar-refractivity contribution >= 4 is 68.8 Å². The number of carbonyl (C=O) groups excluding carboxylic acids is 4. The summed E-state index contributed by atoms with van der Waals surface area (Å²) in [4.78, 5) is 78.3. The fourth-order valence-corrected chi connectivity index (χ4v) is 6.17. The number of hydrogen-bond donors (Lipinski definition) is 7. The SMILES string of the molecule is CC(C)C[C@H](NC(=O)[C@@H](NC(=O)[C@@H](N)CNC(=O)c1[nH]c(=O)[nH]c(=O)c1F)C(C)C)C(=O)NC(C)(C)Cc1ccc(I)cc1I. The lowest BCUT2D eigenvalue weighted by atomic mass is 9.93. The maximum absolute atomic E-state index is 14.0. The average molecular weight is 855 g/mol. The minimum Gasteiger partial charge on any atom is -0.349 e. The number of amides is 4. The van der Waals surface area contributed by atoms with E-state index in [1.807, 2.05) is 44.8 Å². The Morgan fingerprint density at radius 3 is 2.20 bits per heavy atom. The largest absolute Gasteiger partial charge is 0.349 e. The summed E-state index contributed by atoms with van der Waals surface area (Å²) in [5, 5.41) is 10.6. The molecular formula is C29H40FI2N7O6. The molecule has 0 radical (unpaired) electrons. The van der Waals surface area contributed by atoms with E-state index < -0.39 is 76.6 Å². The summed E-state index contributed by atoms with van der Waals surface area (Å²) in [5.41, 5.74) is 2.96. The van der Waals surface area contributed by atoms with Crippen LogP contribution in [-0.4, -0.2) is 63.8 Å². The van der Waals surface area contributed by atoms with Gasteiger partial charge in [-0.2, -0.15) is 4.39 Å². The topological polar surface area (TPSA) is 208 Å². The lowest BCUT2D eigenvalue weighted by Crippen LogP contribution is -2.60. The van der Waals surface area contributed by atoms with Crippen molar-refractivity contribution in [2.24, 2.45) is 17.6 Å². The maximum Gasteiger partial charge on any atom is 0.326 e. The Kier molecular flexibility index (Phi) is 14.2. The van der Waals surface area contributed by atoms with Crippen LogP contribution in [0.2, 0.25) is 0 Å². The Balaban J connectivity index is 2.08. The van der Waals surface area contributed by atoms with Crippen LogP contribution in [0.1, 0.15) is 64.0 Å². The third-order valence-corrected chi connectivity index (χ3v) is 8.30. The maximum atomic E-state index is 14.0. The Hall–Kier alpha value is -2.87. The van der Waals surface area contributed by atoms with Gasteiger partial charge < -0.3 is 32.0 Å². The van der Waals surface area contributed by atoms with Gasteiger partial charge in [0.05, 0.1) is 0 Å². The Labute approximate surface area is 287 Å². The van der Waals surface area contributed by atoms with Crippen LogP contribution < -0.4 is 38.2 Å². The highest BCUT2D eigenvalue weighted by atomic mass is 127. The first-order valence-corrected chi connectivity index (χ1v) is 16.4. The van der Waals surface area contributed by atoms with E-state index in [4.69, 9.17) is 5.73 Å². The standard InChI is InChI=1S/C29H40FI2N7O6/c1-13(2)9-19(24(41)39-29(5,6)11-15-7-8-16(31)10-17(15)32)35-27(44)21(14(3)4)36-23(40)18(33)12-34-26(43)22-20(30)25(42)38-28(45)37-22/h7-8,10,13-14,18-19,21H,9,11-12,33H2,1-6H3,(H,34,43)(H,35,44)(H,36,40)(H,39,41)(H2,37,38,42,45)/t18-,19-,21-/m0/s1. The monoisotopic (exact) mass is 855 g/mol. The first-order chi connectivity index (χ1) is 20.8. The van der Waals surface area contributed by atoms with Gasteiger partial charge in [-0.3, -0.25) is 29.0 Å². The number of nitrogens with one attached hydrogen (secondary N) is 6. The van der Waals surface area contributed by atoms with E-state index >= 15 is 0 Å². The number of nitrogens with two attached hydrogens (primary N) is 1. The minimum absolute atomic E-state index is 0.0606. The van der Waals surface area contributed by atoms with E-state index in [0.29, 0.717) is 12.8 Å². The lowest BCUT2D eigenvalue weighted by molar-refractivity contribution is -0.134. The minimum atomic E-state index is -1.50. The number of halogens is 3. The van der Waals surface area contributed by atoms with Crippen LogP contribution in [0.25, 0.3) is 0 Å². The first kappa shape index (κ1) is 38.3. The van der Waals surface area contributed by atoms with E-state index in [9.17, 15) is 33.2 Å². The van der Waals surface area contributed by atoms with Crippen LogP contribution in [-0.2, 0) is 20.8 Å². The van der Waals surface area contributed by atoms with Crippen molar-refractivity contribution in [1.82, 2.24) is 31.2 Å². The molecule has 0 aliphatic heterocycles. The van der Waals surface area contributed by atoms with Crippen LogP contribution >= 0.6 is 45.2 Å². The fraction of sp³-hybridized carbons (Fsp3) is 0.517. The molecule has 2 aromatic rings. The van der Waals surface area contributed by atoms with Gasteiger partial charge in [0.25, 0.3) is 11.5 Å². The van der Waals surface area contributed by atoms with Gasteiger partial charge in [-0.1, -0.05) is 33.8 Å². The quantitative estimate of drug-likeness (QED) is 0.139. The van der Waals surface area contributed by atoms with Crippen molar-refractivity contribution < 1.29 is 23.6 Å². The molecule has 0 aliphatic rings. The molecule has 13 nitrogen and oxygen atoms in total. The van der Waals surface area contributed by atoms with Gasteiger partial charge in [0.15, 0.2) is 0 Å². The molecule has 1 aromatic heterocycles. The summed E-state index contributed by atoms with van der Waals surface area (Å²) < 4.78 is 16.2. The molecule has 4 amide bonds. The molecule has 1 heterocycles. The Bertz CT molecular complexity index is 1530. The van der Waals surface area contributed by atoms with Gasteiger partial charge in [-0.25, -0.2) is 4.79 Å². The van der Waals surface area contributed by atoms with Crippen molar-refractivity contribution in [2.45, 2.75) is 78.0 Å². The normalized spacial score (nSPS) is 13.6. The summed E-state index contributed by atoms with van der Waals surface area (Å²) in [6, 6.07) is 2.75. The van der Waals surface area contributed by atoms with Gasteiger partial charge >= 0.3 is 5.69 Å². The molecule has 1 aromatic carbocycles. The molecule has 3 atom stereocenters. The highest BCUT2D eigenvalue weighted by Gasteiger charge is 2.33. The second-order valence-electron chi connectivity index (χ2n) is 12.1. The predicted molar refractivity (Wildman–Crippen MR) is 184 cm³/mol. The smallest absolute Gasteiger partial charge is 0.326 e. The van der Waals surface area contributed by atoms with Gasteiger partial charge in [0.1, 0.15) is 23.8 Å². The van der Waals surface area contributed by atoms with E-state index in [-0.39, 0.29) is 11.8 Å². The molecule has 16 heteroatoms. The van der Waals surface area contributed by atoms with E-state index in [1.165, 1.54) is 0 Å². The molecule has 0 saturated carbocycles. The zero-order valence-corrected chi connectivity index (χ0v) is 30.2. The number of hydrogen-bond acceptors (Lipinski definition) is 7. The van der Waals surface area contributed by atoms with Gasteiger partial charge in [-0.15, -0.1) is 0 Å². The van der Waals surface area contributed by atoms with Crippen LogP contribution in [0.4, 0.5) is 4.39 Å². The first-order valence-electron chi connectivity index (χ1n) is 14.2. The van der Waals surface area contributed by atoms with Crippen molar-refractivity contribution in [3.63, 3.8) is 0 Å². The highest BCUT2D eigenvalue weighted by molar-refractivity contribution is 14.1. The lowest BCUT2D eigenvalue weighted by Gasteiger charge is -2.31. The summed E-state index contributed by atoms with van der Waals surface area (Å²) in [5.74, 6) is -4.78. The van der Waals surface area contributed by atoms with Crippen LogP contribution in [0.15, 0.2) is 27.8 Å². The van der Waals surface area contributed by atoms with Crippen LogP contribution in [0.3, 0.4) is 0 Å². The second kappa shape index (κ2) is 16.6. The molecule has 0 unspecified atom stereocenters. The van der Waals surface area contributed by atoms with Crippen molar-refractivity contribution in [2.75, 3.05) is 6.54 Å². The summed E-state index contributed by atoms with van der Waals surface area (Å²) in [7, 11) is 0. The number of benzene rings is 1. The number of H-pyrrole nitrogens is 2. The van der Waals surface area contributed by atoms with Gasteiger partial charge in [0.2, 0.25) is 23.5 Å². The van der Waals surface area contributed by atoms with Crippen molar-refractivity contribution in [3.05, 3.63) is 63.3 Å². The fourth-order valence-electron chi connectivity index (χ4n) is 4.38. The van der Waals surface area contributed by atoms with Crippen LogP contribution in [0.5, 0.6) is 0 Å². The van der Waals surface area contributed by atoms with E-state index in [1.54, 1.807) is 18.8 Å². The van der Waals surface area contributed by atoms with Gasteiger partial charge in [-0.05, 0) is 101 Å².